The molecule has 3 rings (SSSR count). The van der Waals surface area contributed by atoms with Crippen LogP contribution in [0.1, 0.15) is 33.6 Å². The molecule has 146 valence electrons. The number of anilines is 1. The maximum atomic E-state index is 12.2. The van der Waals surface area contributed by atoms with E-state index >= 15 is 0 Å². The van der Waals surface area contributed by atoms with E-state index in [-0.39, 0.29) is 22.1 Å². The Labute approximate surface area is 162 Å². The molecule has 1 fully saturated rings. The summed E-state index contributed by atoms with van der Waals surface area (Å²) in [4.78, 5) is 37.8. The Hall–Kier alpha value is -3.00. The van der Waals surface area contributed by atoms with Gasteiger partial charge in [0.1, 0.15) is 0 Å². The molecule has 0 unspecified atom stereocenters. The molecular formula is C20H19NO6S. The minimum Gasteiger partial charge on any atom is -0.454 e. The Morgan fingerprint density at radius 1 is 1.00 bits per heavy atom. The molecule has 0 aromatic heterocycles. The molecule has 1 saturated heterocycles. The Kier molecular flexibility index (Phi) is 5.60. The van der Waals surface area contributed by atoms with Gasteiger partial charge in [0.15, 0.2) is 22.2 Å². The van der Waals surface area contributed by atoms with E-state index in [0.717, 1.165) is 18.4 Å². The number of hydrogen-bond acceptors (Lipinski definition) is 6. The van der Waals surface area contributed by atoms with Crippen LogP contribution in [0.3, 0.4) is 0 Å². The van der Waals surface area contributed by atoms with E-state index in [0.29, 0.717) is 18.5 Å². The first-order valence-electron chi connectivity index (χ1n) is 8.66. The lowest BCUT2D eigenvalue weighted by atomic mass is 10.1. The van der Waals surface area contributed by atoms with Crippen molar-refractivity contribution in [3.63, 3.8) is 0 Å². The molecule has 1 aliphatic heterocycles. The van der Waals surface area contributed by atoms with Gasteiger partial charge in [-0.2, -0.15) is 0 Å². The molecule has 28 heavy (non-hydrogen) atoms. The van der Waals surface area contributed by atoms with Crippen LogP contribution in [0.2, 0.25) is 0 Å². The third-order valence-corrected chi connectivity index (χ3v) is 5.56. The van der Waals surface area contributed by atoms with E-state index in [1.807, 2.05) is 0 Å². The standard InChI is InChI=1S/C20H19NO6S/c1-28(25,26)17-10-6-15(7-11-17)20(24)27-13-18(22)14-4-8-16(9-5-14)21-12-2-3-19(21)23/h4-11H,2-3,12-13H2,1H3. The van der Waals surface area contributed by atoms with E-state index in [9.17, 15) is 22.8 Å². The first kappa shape index (κ1) is 19.8. The van der Waals surface area contributed by atoms with Gasteiger partial charge in [0, 0.05) is 30.5 Å². The quantitative estimate of drug-likeness (QED) is 0.544. The summed E-state index contributed by atoms with van der Waals surface area (Å²) in [5.74, 6) is -1.03. The molecular weight excluding hydrogens is 382 g/mol. The molecule has 0 bridgehead atoms. The van der Waals surface area contributed by atoms with Gasteiger partial charge in [-0.15, -0.1) is 0 Å². The second kappa shape index (κ2) is 7.93. The minimum atomic E-state index is -3.35. The van der Waals surface area contributed by atoms with Crippen molar-refractivity contribution in [2.75, 3.05) is 24.3 Å². The lowest BCUT2D eigenvalue weighted by molar-refractivity contribution is -0.117. The Morgan fingerprint density at radius 3 is 2.14 bits per heavy atom. The molecule has 2 aromatic carbocycles. The van der Waals surface area contributed by atoms with Crippen LogP contribution in [0.25, 0.3) is 0 Å². The Bertz CT molecular complexity index is 1010. The van der Waals surface area contributed by atoms with Crippen molar-refractivity contribution in [3.8, 4) is 0 Å². The molecule has 1 aliphatic rings. The van der Waals surface area contributed by atoms with Gasteiger partial charge in [0.2, 0.25) is 5.91 Å². The number of ketones is 1. The van der Waals surface area contributed by atoms with Crippen LogP contribution in [0.15, 0.2) is 53.4 Å². The molecule has 0 saturated carbocycles. The number of Topliss-reactive ketones (excluding diaryl/α,β-unsaturated/α-hetero) is 1. The molecule has 1 heterocycles. The largest absolute Gasteiger partial charge is 0.454 e. The van der Waals surface area contributed by atoms with E-state index in [1.54, 1.807) is 29.2 Å². The lowest BCUT2D eigenvalue weighted by Crippen LogP contribution is -2.23. The highest BCUT2D eigenvalue weighted by Crippen LogP contribution is 2.21. The highest BCUT2D eigenvalue weighted by atomic mass is 32.2. The van der Waals surface area contributed by atoms with E-state index in [4.69, 9.17) is 4.74 Å². The van der Waals surface area contributed by atoms with E-state index < -0.39 is 22.4 Å². The summed E-state index contributed by atoms with van der Waals surface area (Å²) >= 11 is 0. The number of esters is 1. The second-order valence-electron chi connectivity index (χ2n) is 6.49. The number of nitrogens with zero attached hydrogens (tertiary/aromatic N) is 1. The Balaban J connectivity index is 1.59. The summed E-state index contributed by atoms with van der Waals surface area (Å²) in [7, 11) is -3.35. The van der Waals surface area contributed by atoms with E-state index in [2.05, 4.69) is 0 Å². The van der Waals surface area contributed by atoms with Crippen molar-refractivity contribution in [2.45, 2.75) is 17.7 Å². The minimum absolute atomic E-state index is 0.0647. The normalized spacial score (nSPS) is 14.2. The average Bonchev–Trinajstić information content (AvgIpc) is 3.11. The van der Waals surface area contributed by atoms with E-state index in [1.165, 1.54) is 24.3 Å². The summed E-state index contributed by atoms with van der Waals surface area (Å²) in [6.45, 7) is 0.233. The molecule has 0 aliphatic carbocycles. The van der Waals surface area contributed by atoms with Crippen LogP contribution in [-0.4, -0.2) is 45.5 Å². The summed E-state index contributed by atoms with van der Waals surface area (Å²) in [5, 5.41) is 0. The predicted molar refractivity (Wildman–Crippen MR) is 102 cm³/mol. The zero-order valence-electron chi connectivity index (χ0n) is 15.3. The molecule has 1 amide bonds. The third kappa shape index (κ3) is 4.45. The second-order valence-corrected chi connectivity index (χ2v) is 8.51. The molecule has 8 heteroatoms. The van der Waals surface area contributed by atoms with Gasteiger partial charge in [-0.25, -0.2) is 13.2 Å². The number of carbonyl (C=O) groups is 3. The van der Waals surface area contributed by atoms with Gasteiger partial charge >= 0.3 is 5.97 Å². The van der Waals surface area contributed by atoms with Gasteiger partial charge in [-0.3, -0.25) is 9.59 Å². The van der Waals surface area contributed by atoms with Crippen molar-refractivity contribution in [1.29, 1.82) is 0 Å². The topological polar surface area (TPSA) is 97.8 Å². The molecule has 2 aromatic rings. The Morgan fingerprint density at radius 2 is 1.61 bits per heavy atom. The third-order valence-electron chi connectivity index (χ3n) is 4.43. The van der Waals surface area contributed by atoms with Gasteiger partial charge in [0.25, 0.3) is 0 Å². The number of carbonyl (C=O) groups excluding carboxylic acids is 3. The van der Waals surface area contributed by atoms with Crippen LogP contribution < -0.4 is 4.90 Å². The van der Waals surface area contributed by atoms with Crippen LogP contribution in [-0.2, 0) is 19.4 Å². The highest BCUT2D eigenvalue weighted by molar-refractivity contribution is 7.90. The average molecular weight is 401 g/mol. The first-order chi connectivity index (χ1) is 13.3. The number of hydrogen-bond donors (Lipinski definition) is 0. The van der Waals surface area contributed by atoms with Crippen molar-refractivity contribution in [3.05, 3.63) is 59.7 Å². The molecule has 0 radical (unpaired) electrons. The number of ether oxygens (including phenoxy) is 1. The van der Waals surface area contributed by atoms with Crippen LogP contribution >= 0.6 is 0 Å². The number of benzene rings is 2. The van der Waals surface area contributed by atoms with Gasteiger partial charge < -0.3 is 9.64 Å². The van der Waals surface area contributed by atoms with Crippen LogP contribution in [0, 0.1) is 0 Å². The molecule has 0 spiro atoms. The number of sulfone groups is 1. The van der Waals surface area contributed by atoms with Crippen molar-refractivity contribution in [2.24, 2.45) is 0 Å². The summed E-state index contributed by atoms with van der Waals surface area (Å²) in [5.41, 5.74) is 1.26. The van der Waals surface area contributed by atoms with Crippen molar-refractivity contribution < 1.29 is 27.5 Å². The lowest BCUT2D eigenvalue weighted by Gasteiger charge is -2.15. The van der Waals surface area contributed by atoms with Gasteiger partial charge in [-0.05, 0) is 55.0 Å². The summed E-state index contributed by atoms with van der Waals surface area (Å²) in [6.07, 6.45) is 2.42. The summed E-state index contributed by atoms with van der Waals surface area (Å²) in [6, 6.07) is 11.9. The first-order valence-corrected chi connectivity index (χ1v) is 10.6. The number of rotatable bonds is 6. The van der Waals surface area contributed by atoms with Crippen molar-refractivity contribution in [1.82, 2.24) is 0 Å². The van der Waals surface area contributed by atoms with Gasteiger partial charge in [-0.1, -0.05) is 0 Å². The molecule has 0 N–H and O–H groups in total. The van der Waals surface area contributed by atoms with Crippen molar-refractivity contribution >= 4 is 33.2 Å². The molecule has 0 atom stereocenters. The highest BCUT2D eigenvalue weighted by Gasteiger charge is 2.22. The zero-order valence-corrected chi connectivity index (χ0v) is 16.1. The zero-order chi connectivity index (χ0) is 20.3. The SMILES string of the molecule is CS(=O)(=O)c1ccc(C(=O)OCC(=O)c2ccc(N3CCCC3=O)cc2)cc1. The van der Waals surface area contributed by atoms with Crippen LogP contribution in [0.5, 0.6) is 0 Å². The summed E-state index contributed by atoms with van der Waals surface area (Å²) < 4.78 is 27.9. The van der Waals surface area contributed by atoms with Crippen LogP contribution in [0.4, 0.5) is 5.69 Å². The number of amides is 1. The van der Waals surface area contributed by atoms with Gasteiger partial charge in [0.05, 0.1) is 10.5 Å². The fraction of sp³-hybridized carbons (Fsp3) is 0.250. The predicted octanol–water partition coefficient (Wildman–Crippen LogP) is 2.26. The fourth-order valence-electron chi connectivity index (χ4n) is 2.88. The smallest absolute Gasteiger partial charge is 0.338 e. The maximum absolute atomic E-state index is 12.2. The molecule has 7 nitrogen and oxygen atoms in total. The maximum Gasteiger partial charge on any atom is 0.338 e. The monoisotopic (exact) mass is 401 g/mol. The fourth-order valence-corrected chi connectivity index (χ4v) is 3.51.